The van der Waals surface area contributed by atoms with Crippen molar-refractivity contribution in [3.8, 4) is 0 Å². The molecule has 1 fully saturated rings. The van der Waals surface area contributed by atoms with E-state index in [9.17, 15) is 9.59 Å². The minimum absolute atomic E-state index is 0.0119. The molecule has 1 aromatic carbocycles. The van der Waals surface area contributed by atoms with E-state index in [1.54, 1.807) is 0 Å². The fourth-order valence-corrected chi connectivity index (χ4v) is 3.89. The summed E-state index contributed by atoms with van der Waals surface area (Å²) in [6, 6.07) is 9.43. The van der Waals surface area contributed by atoms with Crippen LogP contribution >= 0.6 is 0 Å². The van der Waals surface area contributed by atoms with Gasteiger partial charge in [0.15, 0.2) is 5.78 Å². The molecular weight excluding hydrogens is 366 g/mol. The Labute approximate surface area is 175 Å². The first kappa shape index (κ1) is 23.4. The van der Waals surface area contributed by atoms with Gasteiger partial charge in [0.05, 0.1) is 12.6 Å². The zero-order valence-electron chi connectivity index (χ0n) is 18.4. The summed E-state index contributed by atoms with van der Waals surface area (Å²) in [5.41, 5.74) is 0.421. The number of hydrogen-bond donors (Lipinski definition) is 1. The van der Waals surface area contributed by atoms with Crippen molar-refractivity contribution in [2.75, 3.05) is 0 Å². The molecule has 1 aliphatic rings. The molecule has 1 amide bonds. The van der Waals surface area contributed by atoms with Crippen LogP contribution in [0.5, 0.6) is 0 Å². The summed E-state index contributed by atoms with van der Waals surface area (Å²) in [6.07, 6.45) is 5.91. The second kappa shape index (κ2) is 11.3. The van der Waals surface area contributed by atoms with Crippen molar-refractivity contribution < 1.29 is 19.1 Å². The van der Waals surface area contributed by atoms with E-state index in [0.717, 1.165) is 24.8 Å². The molecule has 2 atom stereocenters. The SMILES string of the molecule is CCC(=O)[C@H](OCc1ccccc1)[C@H](CC1CCCCC1)NC(=O)OC(C)(C)C. The average Bonchev–Trinajstić information content (AvgIpc) is 2.68. The molecule has 0 spiro atoms. The minimum atomic E-state index is -0.672. The van der Waals surface area contributed by atoms with E-state index < -0.39 is 17.8 Å². The number of Topliss-reactive ketones (excluding diaryl/α,β-unsaturated/α-hetero) is 1. The van der Waals surface area contributed by atoms with Crippen molar-refractivity contribution in [1.82, 2.24) is 5.32 Å². The molecule has 5 heteroatoms. The number of ether oxygens (including phenoxy) is 2. The Kier molecular flexibility index (Phi) is 9.15. The molecule has 0 unspecified atom stereocenters. The van der Waals surface area contributed by atoms with Gasteiger partial charge in [-0.2, -0.15) is 0 Å². The molecule has 0 bridgehead atoms. The van der Waals surface area contributed by atoms with Crippen LogP contribution in [0.25, 0.3) is 0 Å². The maximum atomic E-state index is 12.8. The maximum absolute atomic E-state index is 12.8. The van der Waals surface area contributed by atoms with E-state index in [4.69, 9.17) is 9.47 Å². The van der Waals surface area contributed by atoms with Gasteiger partial charge < -0.3 is 14.8 Å². The summed E-state index contributed by atoms with van der Waals surface area (Å²) >= 11 is 0. The molecule has 29 heavy (non-hydrogen) atoms. The summed E-state index contributed by atoms with van der Waals surface area (Å²) in [5, 5.41) is 2.97. The second-order valence-electron chi connectivity index (χ2n) is 9.03. The third-order valence-corrected chi connectivity index (χ3v) is 5.32. The summed E-state index contributed by atoms with van der Waals surface area (Å²) in [6.45, 7) is 7.69. The van der Waals surface area contributed by atoms with Crippen LogP contribution in [0.1, 0.15) is 78.2 Å². The number of carbonyl (C=O) groups excluding carboxylic acids is 2. The number of benzene rings is 1. The van der Waals surface area contributed by atoms with Crippen LogP contribution in [-0.2, 0) is 20.9 Å². The molecule has 0 radical (unpaired) electrons. The first-order chi connectivity index (χ1) is 13.8. The summed E-state index contributed by atoms with van der Waals surface area (Å²) < 4.78 is 11.6. The molecule has 1 saturated carbocycles. The van der Waals surface area contributed by atoms with E-state index in [1.165, 1.54) is 19.3 Å². The summed E-state index contributed by atoms with van der Waals surface area (Å²) in [5.74, 6) is 0.508. The van der Waals surface area contributed by atoms with Crippen LogP contribution in [0, 0.1) is 5.92 Å². The normalized spacial score (nSPS) is 17.4. The Morgan fingerprint density at radius 1 is 1.10 bits per heavy atom. The van der Waals surface area contributed by atoms with Gasteiger partial charge in [-0.25, -0.2) is 4.79 Å². The molecule has 0 aromatic heterocycles. The van der Waals surface area contributed by atoms with Gasteiger partial charge in [0.1, 0.15) is 11.7 Å². The van der Waals surface area contributed by atoms with Gasteiger partial charge in [0.2, 0.25) is 0 Å². The number of alkyl carbamates (subject to hydrolysis) is 1. The van der Waals surface area contributed by atoms with E-state index in [0.29, 0.717) is 18.9 Å². The number of amides is 1. The van der Waals surface area contributed by atoms with Crippen LogP contribution in [0.2, 0.25) is 0 Å². The molecule has 0 saturated heterocycles. The molecule has 5 nitrogen and oxygen atoms in total. The second-order valence-corrected chi connectivity index (χ2v) is 9.03. The van der Waals surface area contributed by atoms with E-state index in [2.05, 4.69) is 5.32 Å². The van der Waals surface area contributed by atoms with Crippen molar-refractivity contribution in [1.29, 1.82) is 0 Å². The third kappa shape index (κ3) is 8.57. The van der Waals surface area contributed by atoms with E-state index in [-0.39, 0.29) is 11.8 Å². The number of ketones is 1. The Morgan fingerprint density at radius 3 is 2.34 bits per heavy atom. The number of rotatable bonds is 9. The largest absolute Gasteiger partial charge is 0.444 e. The van der Waals surface area contributed by atoms with Crippen LogP contribution in [0.3, 0.4) is 0 Å². The highest BCUT2D eigenvalue weighted by Gasteiger charge is 2.33. The van der Waals surface area contributed by atoms with Gasteiger partial charge in [-0.1, -0.05) is 69.4 Å². The lowest BCUT2D eigenvalue weighted by atomic mass is 9.83. The van der Waals surface area contributed by atoms with Crippen molar-refractivity contribution in [3.63, 3.8) is 0 Å². The molecule has 1 aliphatic carbocycles. The van der Waals surface area contributed by atoms with Gasteiger partial charge in [0, 0.05) is 6.42 Å². The third-order valence-electron chi connectivity index (χ3n) is 5.32. The molecule has 162 valence electrons. The van der Waals surface area contributed by atoms with Gasteiger partial charge in [0.25, 0.3) is 0 Å². The summed E-state index contributed by atoms with van der Waals surface area (Å²) in [7, 11) is 0. The molecule has 1 N–H and O–H groups in total. The lowest BCUT2D eigenvalue weighted by Gasteiger charge is -2.32. The van der Waals surface area contributed by atoms with E-state index in [1.807, 2.05) is 58.0 Å². The smallest absolute Gasteiger partial charge is 0.407 e. The number of carbonyl (C=O) groups is 2. The van der Waals surface area contributed by atoms with Crippen molar-refractivity contribution in [2.45, 2.75) is 97.0 Å². The number of hydrogen-bond acceptors (Lipinski definition) is 4. The van der Waals surface area contributed by atoms with Crippen LogP contribution < -0.4 is 5.32 Å². The fraction of sp³-hybridized carbons (Fsp3) is 0.667. The minimum Gasteiger partial charge on any atom is -0.444 e. The predicted octanol–water partition coefficient (Wildman–Crippen LogP) is 5.41. The topological polar surface area (TPSA) is 64.6 Å². The monoisotopic (exact) mass is 403 g/mol. The standard InChI is InChI=1S/C24H37NO4/c1-5-21(26)22(28-17-19-14-10-7-11-15-19)20(16-18-12-8-6-9-13-18)25-23(27)29-24(2,3)4/h7,10-11,14-15,18,20,22H,5-6,8-9,12-13,16-17H2,1-4H3,(H,25,27)/t20-,22+/m0/s1. The molecular formula is C24H37NO4. The lowest BCUT2D eigenvalue weighted by molar-refractivity contribution is -0.133. The maximum Gasteiger partial charge on any atom is 0.407 e. The van der Waals surface area contributed by atoms with Gasteiger partial charge in [-0.3, -0.25) is 4.79 Å². The Bertz CT molecular complexity index is 632. The highest BCUT2D eigenvalue weighted by Crippen LogP contribution is 2.29. The predicted molar refractivity (Wildman–Crippen MR) is 115 cm³/mol. The Hall–Kier alpha value is -1.88. The van der Waals surface area contributed by atoms with E-state index >= 15 is 0 Å². The van der Waals surface area contributed by atoms with Crippen LogP contribution in [0.4, 0.5) is 4.79 Å². The van der Waals surface area contributed by atoms with Crippen molar-refractivity contribution >= 4 is 11.9 Å². The fourth-order valence-electron chi connectivity index (χ4n) is 3.89. The van der Waals surface area contributed by atoms with Crippen molar-refractivity contribution in [2.24, 2.45) is 5.92 Å². The number of nitrogens with one attached hydrogen (secondary N) is 1. The molecule has 2 rings (SSSR count). The zero-order chi connectivity index (χ0) is 21.3. The first-order valence-electron chi connectivity index (χ1n) is 11.0. The van der Waals surface area contributed by atoms with Gasteiger partial charge >= 0.3 is 6.09 Å². The Morgan fingerprint density at radius 2 is 1.76 bits per heavy atom. The average molecular weight is 404 g/mol. The molecule has 1 aromatic rings. The van der Waals surface area contributed by atoms with Crippen molar-refractivity contribution in [3.05, 3.63) is 35.9 Å². The van der Waals surface area contributed by atoms with Gasteiger partial charge in [-0.15, -0.1) is 0 Å². The highest BCUT2D eigenvalue weighted by atomic mass is 16.6. The Balaban J connectivity index is 2.14. The molecule has 0 aliphatic heterocycles. The van der Waals surface area contributed by atoms with Gasteiger partial charge in [-0.05, 0) is 38.7 Å². The van der Waals surface area contributed by atoms with Crippen LogP contribution in [-0.4, -0.2) is 29.6 Å². The lowest BCUT2D eigenvalue weighted by Crippen LogP contribution is -2.50. The highest BCUT2D eigenvalue weighted by molar-refractivity contribution is 5.84. The quantitative estimate of drug-likeness (QED) is 0.598. The van der Waals surface area contributed by atoms with Crippen LogP contribution in [0.15, 0.2) is 30.3 Å². The first-order valence-corrected chi connectivity index (χ1v) is 11.0. The zero-order valence-corrected chi connectivity index (χ0v) is 18.4. The molecule has 0 heterocycles. The summed E-state index contributed by atoms with van der Waals surface area (Å²) in [4.78, 5) is 25.3.